The number of para-hydroxylation sites is 1. The summed E-state index contributed by atoms with van der Waals surface area (Å²) >= 11 is 6.25. The minimum atomic E-state index is -0.510. The fourth-order valence-electron chi connectivity index (χ4n) is 4.57. The molecule has 0 spiro atoms. The van der Waals surface area contributed by atoms with Gasteiger partial charge in [0.2, 0.25) is 5.90 Å². The number of amides is 1. The maximum atomic E-state index is 14.4. The smallest absolute Gasteiger partial charge is 0.266 e. The number of aromatic hydroxyl groups is 1. The third-order valence-electron chi connectivity index (χ3n) is 6.40. The summed E-state index contributed by atoms with van der Waals surface area (Å²) in [6.07, 6.45) is 2.45. The van der Waals surface area contributed by atoms with Gasteiger partial charge < -0.3 is 9.84 Å². The lowest BCUT2D eigenvalue weighted by molar-refractivity contribution is 0.0993. The standard InChI is InChI=1S/C35H31ClN2O3/c1-35(2,3)37-33-32(38(27-20-18-26(36)19-21-27)34(40)28-16-10-11-17-30(28)39)29(22-24-12-6-4-7-13-24)31(41-33)23-25-14-8-5-9-15-25/h4-21,23,39H,22H2,1-3H3/b31-23-,37-33?. The van der Waals surface area contributed by atoms with Crippen LogP contribution in [0.25, 0.3) is 6.08 Å². The third kappa shape index (κ3) is 6.59. The summed E-state index contributed by atoms with van der Waals surface area (Å²) in [5, 5.41) is 11.2. The Morgan fingerprint density at radius 2 is 1.49 bits per heavy atom. The molecule has 0 bridgehead atoms. The van der Waals surface area contributed by atoms with Crippen LogP contribution < -0.4 is 4.90 Å². The molecule has 5 nitrogen and oxygen atoms in total. The van der Waals surface area contributed by atoms with Crippen molar-refractivity contribution in [2.24, 2.45) is 4.99 Å². The fourth-order valence-corrected chi connectivity index (χ4v) is 4.70. The number of phenols is 1. The largest absolute Gasteiger partial charge is 0.507 e. The van der Waals surface area contributed by atoms with Crippen LogP contribution in [0.4, 0.5) is 5.69 Å². The van der Waals surface area contributed by atoms with E-state index in [9.17, 15) is 9.90 Å². The van der Waals surface area contributed by atoms with Crippen molar-refractivity contribution in [3.05, 3.63) is 148 Å². The molecule has 206 valence electrons. The number of halogens is 1. The Morgan fingerprint density at radius 1 is 0.878 bits per heavy atom. The number of nitrogens with zero attached hydrogens (tertiary/aromatic N) is 2. The monoisotopic (exact) mass is 562 g/mol. The van der Waals surface area contributed by atoms with E-state index >= 15 is 0 Å². The van der Waals surface area contributed by atoms with Crippen LogP contribution in [-0.4, -0.2) is 22.5 Å². The molecule has 0 radical (unpaired) electrons. The van der Waals surface area contributed by atoms with E-state index in [2.05, 4.69) is 0 Å². The molecule has 0 fully saturated rings. The fraction of sp³-hybridized carbons (Fsp3) is 0.143. The number of carbonyl (C=O) groups is 1. The summed E-state index contributed by atoms with van der Waals surface area (Å²) in [4.78, 5) is 20.9. The lowest BCUT2D eigenvalue weighted by Crippen LogP contribution is -2.34. The number of rotatable bonds is 6. The number of anilines is 1. The molecule has 1 heterocycles. The molecule has 1 aliphatic heterocycles. The van der Waals surface area contributed by atoms with Gasteiger partial charge in [-0.25, -0.2) is 4.99 Å². The number of ether oxygens (including phenoxy) is 1. The normalized spacial score (nSPS) is 15.3. The minimum absolute atomic E-state index is 0.116. The zero-order chi connectivity index (χ0) is 29.0. The Kier molecular flexibility index (Phi) is 8.09. The van der Waals surface area contributed by atoms with Gasteiger partial charge in [-0.15, -0.1) is 0 Å². The molecule has 0 atom stereocenters. The van der Waals surface area contributed by atoms with Gasteiger partial charge in [0.15, 0.2) is 0 Å². The number of carbonyl (C=O) groups excluding carboxylic acids is 1. The van der Waals surface area contributed by atoms with Crippen LogP contribution in [-0.2, 0) is 11.2 Å². The first-order chi connectivity index (χ1) is 19.7. The summed E-state index contributed by atoms with van der Waals surface area (Å²) < 4.78 is 6.54. The van der Waals surface area contributed by atoms with Crippen molar-refractivity contribution in [1.29, 1.82) is 0 Å². The number of allylic oxidation sites excluding steroid dienone is 1. The van der Waals surface area contributed by atoms with Crippen LogP contribution in [0.1, 0.15) is 42.3 Å². The molecule has 5 rings (SSSR count). The number of aliphatic imine (C=N–C) groups is 1. The van der Waals surface area contributed by atoms with E-state index in [1.165, 1.54) is 6.07 Å². The number of hydrogen-bond donors (Lipinski definition) is 1. The second kappa shape index (κ2) is 11.9. The molecule has 0 saturated carbocycles. The average molecular weight is 563 g/mol. The first kappa shape index (κ1) is 27.9. The summed E-state index contributed by atoms with van der Waals surface area (Å²) in [6.45, 7) is 5.94. The van der Waals surface area contributed by atoms with Crippen LogP contribution in [0.2, 0.25) is 5.02 Å². The van der Waals surface area contributed by atoms with Crippen LogP contribution in [0.5, 0.6) is 5.75 Å². The first-order valence-electron chi connectivity index (χ1n) is 13.4. The maximum Gasteiger partial charge on any atom is 0.266 e. The van der Waals surface area contributed by atoms with Gasteiger partial charge in [0, 0.05) is 22.7 Å². The molecule has 1 aliphatic rings. The summed E-state index contributed by atoms with van der Waals surface area (Å²) in [6, 6.07) is 33.5. The summed E-state index contributed by atoms with van der Waals surface area (Å²) in [5.41, 5.74) is 3.52. The van der Waals surface area contributed by atoms with Crippen molar-refractivity contribution < 1.29 is 14.6 Å². The van der Waals surface area contributed by atoms with Crippen LogP contribution in [0, 0.1) is 0 Å². The van der Waals surface area contributed by atoms with E-state index in [0.29, 0.717) is 34.5 Å². The van der Waals surface area contributed by atoms with Crippen molar-refractivity contribution >= 4 is 35.2 Å². The van der Waals surface area contributed by atoms with Gasteiger partial charge in [0.25, 0.3) is 5.91 Å². The maximum absolute atomic E-state index is 14.4. The molecule has 1 N–H and O–H groups in total. The molecule has 1 amide bonds. The first-order valence-corrected chi connectivity index (χ1v) is 13.8. The van der Waals surface area contributed by atoms with Gasteiger partial charge >= 0.3 is 0 Å². The highest BCUT2D eigenvalue weighted by Gasteiger charge is 2.38. The lowest BCUT2D eigenvalue weighted by Gasteiger charge is -2.26. The van der Waals surface area contributed by atoms with Gasteiger partial charge in [-0.3, -0.25) is 9.69 Å². The highest BCUT2D eigenvalue weighted by molar-refractivity contribution is 6.30. The average Bonchev–Trinajstić information content (AvgIpc) is 3.25. The zero-order valence-electron chi connectivity index (χ0n) is 23.2. The molecule has 41 heavy (non-hydrogen) atoms. The van der Waals surface area contributed by atoms with Crippen LogP contribution >= 0.6 is 11.6 Å². The molecule has 0 aromatic heterocycles. The van der Waals surface area contributed by atoms with Gasteiger partial charge in [0.05, 0.1) is 11.1 Å². The quantitative estimate of drug-likeness (QED) is 0.256. The Hall–Kier alpha value is -4.61. The van der Waals surface area contributed by atoms with E-state index in [4.69, 9.17) is 21.3 Å². The third-order valence-corrected chi connectivity index (χ3v) is 6.65. The number of benzene rings is 4. The predicted molar refractivity (Wildman–Crippen MR) is 166 cm³/mol. The molecule has 0 aliphatic carbocycles. The van der Waals surface area contributed by atoms with E-state index in [-0.39, 0.29) is 11.3 Å². The highest BCUT2D eigenvalue weighted by atomic mass is 35.5. The van der Waals surface area contributed by atoms with E-state index < -0.39 is 11.4 Å². The summed E-state index contributed by atoms with van der Waals surface area (Å²) in [5.74, 6) is 0.388. The SMILES string of the molecule is CC(C)(C)N=C1O/C(=C\c2ccccc2)C(Cc2ccccc2)=C1N(C(=O)c1ccccc1O)c1ccc(Cl)cc1. The number of hydrogen-bond acceptors (Lipinski definition) is 4. The minimum Gasteiger partial charge on any atom is -0.507 e. The van der Waals surface area contributed by atoms with E-state index in [1.807, 2.05) is 87.5 Å². The van der Waals surface area contributed by atoms with Gasteiger partial charge in [-0.05, 0) is 74.4 Å². The van der Waals surface area contributed by atoms with Crippen LogP contribution in [0.3, 0.4) is 0 Å². The molecule has 0 saturated heterocycles. The van der Waals surface area contributed by atoms with E-state index in [1.54, 1.807) is 47.4 Å². The topological polar surface area (TPSA) is 62.1 Å². The highest BCUT2D eigenvalue weighted by Crippen LogP contribution is 2.38. The molecular formula is C35H31ClN2O3. The van der Waals surface area contributed by atoms with Crippen molar-refractivity contribution in [1.82, 2.24) is 0 Å². The second-order valence-electron chi connectivity index (χ2n) is 10.7. The Balaban J connectivity index is 1.82. The molecular weight excluding hydrogens is 532 g/mol. The van der Waals surface area contributed by atoms with Crippen molar-refractivity contribution in [3.8, 4) is 5.75 Å². The van der Waals surface area contributed by atoms with Crippen molar-refractivity contribution in [3.63, 3.8) is 0 Å². The van der Waals surface area contributed by atoms with Gasteiger partial charge in [0.1, 0.15) is 17.2 Å². The summed E-state index contributed by atoms with van der Waals surface area (Å²) in [7, 11) is 0. The second-order valence-corrected chi connectivity index (χ2v) is 11.2. The zero-order valence-corrected chi connectivity index (χ0v) is 24.0. The Morgan fingerprint density at radius 3 is 2.12 bits per heavy atom. The molecule has 4 aromatic rings. The van der Waals surface area contributed by atoms with E-state index in [0.717, 1.165) is 16.7 Å². The molecule has 0 unspecified atom stereocenters. The number of phenolic OH excluding ortho intramolecular Hbond substituents is 1. The molecule has 4 aromatic carbocycles. The van der Waals surface area contributed by atoms with Gasteiger partial charge in [-0.1, -0.05) is 84.4 Å². The Labute approximate surface area is 245 Å². The van der Waals surface area contributed by atoms with Crippen LogP contribution in [0.15, 0.2) is 131 Å². The lowest BCUT2D eigenvalue weighted by atomic mass is 9.99. The molecule has 6 heteroatoms. The Bertz CT molecular complexity index is 1630. The van der Waals surface area contributed by atoms with Crippen molar-refractivity contribution in [2.45, 2.75) is 32.7 Å². The van der Waals surface area contributed by atoms with Crippen molar-refractivity contribution in [2.75, 3.05) is 4.90 Å². The van der Waals surface area contributed by atoms with Gasteiger partial charge in [-0.2, -0.15) is 0 Å². The predicted octanol–water partition coefficient (Wildman–Crippen LogP) is 8.46.